The van der Waals surface area contributed by atoms with Crippen molar-refractivity contribution in [2.75, 3.05) is 30.9 Å². The Balaban J connectivity index is 3.31. The third-order valence-electron chi connectivity index (χ3n) is 3.17. The van der Waals surface area contributed by atoms with Crippen LogP contribution in [0.25, 0.3) is 0 Å². The van der Waals surface area contributed by atoms with Gasteiger partial charge in [0.2, 0.25) is 0 Å². The highest BCUT2D eigenvalue weighted by Crippen LogP contribution is 2.27. The van der Waals surface area contributed by atoms with Gasteiger partial charge in [-0.1, -0.05) is 20.8 Å². The first-order valence-corrected chi connectivity index (χ1v) is 6.73. The van der Waals surface area contributed by atoms with Crippen LogP contribution in [-0.2, 0) is 5.41 Å². The van der Waals surface area contributed by atoms with E-state index in [-0.39, 0.29) is 18.6 Å². The molecule has 20 heavy (non-hydrogen) atoms. The van der Waals surface area contributed by atoms with Crippen LogP contribution in [0.5, 0.6) is 0 Å². The summed E-state index contributed by atoms with van der Waals surface area (Å²) in [4.78, 5) is 9.07. The topological polar surface area (TPSA) is 90.3 Å². The van der Waals surface area contributed by atoms with Crippen LogP contribution in [-0.4, -0.2) is 46.0 Å². The van der Waals surface area contributed by atoms with E-state index in [4.69, 9.17) is 0 Å². The maximum atomic E-state index is 9.41. The van der Waals surface area contributed by atoms with Gasteiger partial charge in [0, 0.05) is 18.0 Å². The minimum absolute atomic E-state index is 0.188. The molecule has 0 aliphatic heterocycles. The number of aliphatic hydroxyl groups is 2. The molecule has 1 aromatic heterocycles. The van der Waals surface area contributed by atoms with Crippen molar-refractivity contribution in [3.8, 4) is 0 Å². The molecule has 0 saturated carbocycles. The minimum Gasteiger partial charge on any atom is -0.394 e. The number of hydrogen-bond acceptors (Lipinski definition) is 6. The summed E-state index contributed by atoms with van der Waals surface area (Å²) in [5, 5.41) is 25.0. The van der Waals surface area contributed by atoms with Gasteiger partial charge in [-0.05, 0) is 13.8 Å². The Hall–Kier alpha value is -1.40. The lowest BCUT2D eigenvalue weighted by Crippen LogP contribution is -2.43. The molecule has 0 atom stereocenters. The molecule has 1 aromatic rings. The normalized spacial score (nSPS) is 12.4. The summed E-state index contributed by atoms with van der Waals surface area (Å²) < 4.78 is 0. The van der Waals surface area contributed by atoms with Crippen LogP contribution in [0.3, 0.4) is 0 Å². The van der Waals surface area contributed by atoms with Gasteiger partial charge in [-0.15, -0.1) is 0 Å². The van der Waals surface area contributed by atoms with Gasteiger partial charge in [0.05, 0.1) is 18.8 Å². The molecule has 0 bridgehead atoms. The maximum absolute atomic E-state index is 9.41. The molecule has 0 aromatic carbocycles. The Morgan fingerprint density at radius 2 is 1.50 bits per heavy atom. The van der Waals surface area contributed by atoms with Gasteiger partial charge >= 0.3 is 0 Å². The summed E-state index contributed by atoms with van der Waals surface area (Å²) in [5.41, 5.74) is -0.155. The number of aliphatic hydroxyl groups excluding tert-OH is 2. The van der Waals surface area contributed by atoms with E-state index in [1.807, 2.05) is 34.7 Å². The molecule has 0 aliphatic rings. The Bertz CT molecular complexity index is 465. The van der Waals surface area contributed by atoms with E-state index in [1.165, 1.54) is 0 Å². The Morgan fingerprint density at radius 3 is 1.90 bits per heavy atom. The van der Waals surface area contributed by atoms with Gasteiger partial charge in [0.15, 0.2) is 0 Å². The Labute approximate surface area is 120 Å². The first-order chi connectivity index (χ1) is 9.16. The number of aromatic nitrogens is 2. The van der Waals surface area contributed by atoms with Crippen molar-refractivity contribution in [3.05, 3.63) is 11.4 Å². The van der Waals surface area contributed by atoms with E-state index < -0.39 is 5.54 Å². The Kier molecular flexibility index (Phi) is 4.94. The zero-order valence-corrected chi connectivity index (χ0v) is 13.2. The summed E-state index contributed by atoms with van der Waals surface area (Å²) >= 11 is 0. The fourth-order valence-electron chi connectivity index (χ4n) is 1.63. The lowest BCUT2D eigenvalue weighted by molar-refractivity contribution is 0.147. The predicted molar refractivity (Wildman–Crippen MR) is 81.2 cm³/mol. The fourth-order valence-corrected chi connectivity index (χ4v) is 1.63. The standard InChI is InChI=1S/C14H26N4O2/c1-9-10(15-6)16-12(13(2,3)4)17-11(9)18-14(5,7-19)8-20/h19-20H,7-8H2,1-6H3,(H2,15,16,17,18). The van der Waals surface area contributed by atoms with Gasteiger partial charge in [0.25, 0.3) is 0 Å². The average molecular weight is 282 g/mol. The van der Waals surface area contributed by atoms with Crippen LogP contribution in [0.4, 0.5) is 11.6 Å². The maximum Gasteiger partial charge on any atom is 0.138 e. The summed E-state index contributed by atoms with van der Waals surface area (Å²) in [5.74, 6) is 2.07. The second kappa shape index (κ2) is 5.93. The second-order valence-electron chi connectivity index (χ2n) is 6.37. The molecule has 0 fully saturated rings. The molecular formula is C14H26N4O2. The van der Waals surface area contributed by atoms with E-state index in [2.05, 4.69) is 20.6 Å². The zero-order chi connectivity index (χ0) is 15.6. The van der Waals surface area contributed by atoms with Gasteiger partial charge in [-0.25, -0.2) is 9.97 Å². The molecule has 6 nitrogen and oxygen atoms in total. The van der Waals surface area contributed by atoms with Crippen molar-refractivity contribution in [3.63, 3.8) is 0 Å². The first-order valence-electron chi connectivity index (χ1n) is 6.73. The van der Waals surface area contributed by atoms with Crippen molar-refractivity contribution in [2.24, 2.45) is 0 Å². The number of nitrogens with zero attached hydrogens (tertiary/aromatic N) is 2. The van der Waals surface area contributed by atoms with E-state index in [0.29, 0.717) is 11.6 Å². The van der Waals surface area contributed by atoms with Gasteiger partial charge in [-0.3, -0.25) is 0 Å². The van der Waals surface area contributed by atoms with E-state index in [9.17, 15) is 10.2 Å². The van der Waals surface area contributed by atoms with Crippen LogP contribution in [0.2, 0.25) is 0 Å². The van der Waals surface area contributed by atoms with Gasteiger partial charge < -0.3 is 20.8 Å². The number of hydrogen-bond donors (Lipinski definition) is 4. The van der Waals surface area contributed by atoms with Crippen LogP contribution < -0.4 is 10.6 Å². The van der Waals surface area contributed by atoms with Crippen LogP contribution >= 0.6 is 0 Å². The Morgan fingerprint density at radius 1 is 1.00 bits per heavy atom. The van der Waals surface area contributed by atoms with Crippen molar-refractivity contribution >= 4 is 11.6 Å². The SMILES string of the molecule is CNc1nc(C(C)(C)C)nc(NC(C)(CO)CO)c1C. The minimum atomic E-state index is -0.820. The predicted octanol–water partition coefficient (Wildman–Crippen LogP) is 1.28. The molecule has 0 saturated heterocycles. The van der Waals surface area contributed by atoms with Crippen molar-refractivity contribution in [2.45, 2.75) is 45.6 Å². The summed E-state index contributed by atoms with van der Waals surface area (Å²) in [6.45, 7) is 9.38. The quantitative estimate of drug-likeness (QED) is 0.650. The number of anilines is 2. The lowest BCUT2D eigenvalue weighted by Gasteiger charge is -2.29. The van der Waals surface area contributed by atoms with Crippen LogP contribution in [0.15, 0.2) is 0 Å². The molecule has 4 N–H and O–H groups in total. The van der Waals surface area contributed by atoms with Crippen LogP contribution in [0.1, 0.15) is 39.1 Å². The van der Waals surface area contributed by atoms with Crippen molar-refractivity contribution < 1.29 is 10.2 Å². The van der Waals surface area contributed by atoms with Gasteiger partial charge in [-0.2, -0.15) is 0 Å². The van der Waals surface area contributed by atoms with E-state index >= 15 is 0 Å². The van der Waals surface area contributed by atoms with Gasteiger partial charge in [0.1, 0.15) is 17.5 Å². The molecule has 0 unspecified atom stereocenters. The number of nitrogens with one attached hydrogen (secondary N) is 2. The molecule has 6 heteroatoms. The average Bonchev–Trinajstić information content (AvgIpc) is 2.39. The highest BCUT2D eigenvalue weighted by Gasteiger charge is 2.26. The molecule has 0 aliphatic carbocycles. The van der Waals surface area contributed by atoms with E-state index in [1.54, 1.807) is 6.92 Å². The lowest BCUT2D eigenvalue weighted by atomic mass is 9.95. The molecule has 1 heterocycles. The molecule has 1 rings (SSSR count). The summed E-state index contributed by atoms with van der Waals surface area (Å²) in [7, 11) is 1.81. The highest BCUT2D eigenvalue weighted by atomic mass is 16.3. The summed E-state index contributed by atoms with van der Waals surface area (Å²) in [6, 6.07) is 0. The fraction of sp³-hybridized carbons (Fsp3) is 0.714. The van der Waals surface area contributed by atoms with Crippen LogP contribution in [0, 0.1) is 6.92 Å². The van der Waals surface area contributed by atoms with E-state index in [0.717, 1.165) is 11.4 Å². The first kappa shape index (κ1) is 16.7. The molecular weight excluding hydrogens is 256 g/mol. The number of rotatable bonds is 5. The summed E-state index contributed by atoms with van der Waals surface area (Å²) in [6.07, 6.45) is 0. The third kappa shape index (κ3) is 3.58. The third-order valence-corrected chi connectivity index (χ3v) is 3.17. The zero-order valence-electron chi connectivity index (χ0n) is 13.2. The molecule has 0 radical (unpaired) electrons. The molecule has 114 valence electrons. The van der Waals surface area contributed by atoms with Crippen molar-refractivity contribution in [1.29, 1.82) is 0 Å². The largest absolute Gasteiger partial charge is 0.394 e. The second-order valence-corrected chi connectivity index (χ2v) is 6.37. The smallest absolute Gasteiger partial charge is 0.138 e. The highest BCUT2D eigenvalue weighted by molar-refractivity contribution is 5.58. The molecule has 0 amide bonds. The molecule has 0 spiro atoms. The monoisotopic (exact) mass is 282 g/mol. The van der Waals surface area contributed by atoms with Crippen molar-refractivity contribution in [1.82, 2.24) is 9.97 Å².